The zero-order valence-electron chi connectivity index (χ0n) is 19.3. The third-order valence-corrected chi connectivity index (χ3v) is 6.88. The Balaban J connectivity index is 1.19. The van der Waals surface area contributed by atoms with Crippen LogP contribution in [0.4, 0.5) is 0 Å². The molecular formula is C27H31N3O4. The van der Waals surface area contributed by atoms with Gasteiger partial charge in [-0.3, -0.25) is 9.59 Å². The van der Waals surface area contributed by atoms with Gasteiger partial charge in [0.25, 0.3) is 5.91 Å². The predicted molar refractivity (Wildman–Crippen MR) is 128 cm³/mol. The highest BCUT2D eigenvalue weighted by atomic mass is 16.5. The van der Waals surface area contributed by atoms with Gasteiger partial charge in [-0.2, -0.15) is 0 Å². The van der Waals surface area contributed by atoms with Crippen LogP contribution in [-0.4, -0.2) is 42.0 Å². The van der Waals surface area contributed by atoms with Crippen LogP contribution in [0.25, 0.3) is 0 Å². The largest absolute Gasteiger partial charge is 0.489 e. The minimum absolute atomic E-state index is 0.116. The summed E-state index contributed by atoms with van der Waals surface area (Å²) in [6.45, 7) is 7.14. The Kier molecular flexibility index (Phi) is 6.65. The molecule has 5 rings (SSSR count). The highest BCUT2D eigenvalue weighted by Crippen LogP contribution is 2.34. The van der Waals surface area contributed by atoms with Crippen molar-refractivity contribution in [2.45, 2.75) is 57.5 Å². The molecule has 0 bridgehead atoms. The van der Waals surface area contributed by atoms with Gasteiger partial charge in [0, 0.05) is 42.6 Å². The van der Waals surface area contributed by atoms with Crippen LogP contribution in [0.3, 0.4) is 0 Å². The summed E-state index contributed by atoms with van der Waals surface area (Å²) in [6, 6.07) is 14.0. The zero-order chi connectivity index (χ0) is 23.5. The molecule has 34 heavy (non-hydrogen) atoms. The third-order valence-electron chi connectivity index (χ3n) is 6.88. The van der Waals surface area contributed by atoms with E-state index in [-0.39, 0.29) is 11.8 Å². The number of nitrogens with one attached hydrogen (secondary N) is 2. The Morgan fingerprint density at radius 3 is 2.59 bits per heavy atom. The molecule has 0 aromatic heterocycles. The maximum atomic E-state index is 13.0. The highest BCUT2D eigenvalue weighted by Gasteiger charge is 2.39. The molecule has 0 saturated carbocycles. The molecule has 1 atom stereocenters. The molecule has 2 aromatic carbocycles. The Labute approximate surface area is 200 Å². The molecule has 2 N–H and O–H groups in total. The molecule has 178 valence electrons. The van der Waals surface area contributed by atoms with Gasteiger partial charge in [-0.05, 0) is 48.9 Å². The molecule has 3 aliphatic rings. The molecule has 2 fully saturated rings. The lowest BCUT2D eigenvalue weighted by atomic mass is 10.0. The van der Waals surface area contributed by atoms with Gasteiger partial charge in [0.1, 0.15) is 18.4 Å². The number of hydrogen-bond donors (Lipinski definition) is 2. The number of carbonyl (C=O) groups is 2. The smallest absolute Gasteiger partial charge is 0.255 e. The summed E-state index contributed by atoms with van der Waals surface area (Å²) < 4.78 is 11.5. The van der Waals surface area contributed by atoms with Gasteiger partial charge in [0.05, 0.1) is 6.54 Å². The fourth-order valence-electron chi connectivity index (χ4n) is 4.85. The Morgan fingerprint density at radius 1 is 1.06 bits per heavy atom. The molecule has 3 aliphatic heterocycles. The maximum Gasteiger partial charge on any atom is 0.255 e. The summed E-state index contributed by atoms with van der Waals surface area (Å²) in [5, 5.41) is 6.38. The minimum atomic E-state index is -0.472. The highest BCUT2D eigenvalue weighted by molar-refractivity contribution is 6.02. The molecular weight excluding hydrogens is 430 g/mol. The van der Waals surface area contributed by atoms with Crippen molar-refractivity contribution in [1.82, 2.24) is 15.5 Å². The number of fused-ring (bicyclic) bond motifs is 1. The van der Waals surface area contributed by atoms with E-state index in [1.807, 2.05) is 18.2 Å². The molecule has 2 aromatic rings. The number of hydrogen-bond acceptors (Lipinski definition) is 5. The van der Waals surface area contributed by atoms with E-state index in [9.17, 15) is 9.59 Å². The molecule has 0 radical (unpaired) electrons. The molecule has 1 unspecified atom stereocenters. The summed E-state index contributed by atoms with van der Waals surface area (Å²) in [4.78, 5) is 27.1. The number of allylic oxidation sites excluding steroid dienone is 1. The summed E-state index contributed by atoms with van der Waals surface area (Å²) >= 11 is 0. The van der Waals surface area contributed by atoms with E-state index in [0.29, 0.717) is 49.0 Å². The van der Waals surface area contributed by atoms with E-state index < -0.39 is 6.04 Å². The van der Waals surface area contributed by atoms with Crippen LogP contribution in [0, 0.1) is 0 Å². The molecule has 2 saturated heterocycles. The normalized spacial score (nSPS) is 20.9. The predicted octanol–water partition coefficient (Wildman–Crippen LogP) is 3.28. The molecule has 0 spiro atoms. The minimum Gasteiger partial charge on any atom is -0.489 e. The second kappa shape index (κ2) is 9.99. The van der Waals surface area contributed by atoms with Gasteiger partial charge in [-0.1, -0.05) is 36.9 Å². The first-order valence-electron chi connectivity index (χ1n) is 12.0. The van der Waals surface area contributed by atoms with Gasteiger partial charge in [0.15, 0.2) is 0 Å². The molecule has 3 heterocycles. The van der Waals surface area contributed by atoms with Gasteiger partial charge < -0.3 is 25.0 Å². The van der Waals surface area contributed by atoms with Crippen molar-refractivity contribution in [1.29, 1.82) is 0 Å². The van der Waals surface area contributed by atoms with Gasteiger partial charge >= 0.3 is 0 Å². The summed E-state index contributed by atoms with van der Waals surface area (Å²) in [7, 11) is 0. The fourth-order valence-corrected chi connectivity index (χ4v) is 4.85. The monoisotopic (exact) mass is 461 g/mol. The van der Waals surface area contributed by atoms with Crippen molar-refractivity contribution in [3.8, 4) is 5.75 Å². The van der Waals surface area contributed by atoms with Crippen LogP contribution in [0.5, 0.6) is 5.75 Å². The van der Waals surface area contributed by atoms with Crippen molar-refractivity contribution < 1.29 is 19.1 Å². The van der Waals surface area contributed by atoms with E-state index in [1.165, 1.54) is 5.56 Å². The first-order valence-corrected chi connectivity index (χ1v) is 12.0. The van der Waals surface area contributed by atoms with Gasteiger partial charge in [-0.15, -0.1) is 0 Å². The van der Waals surface area contributed by atoms with Crippen LogP contribution < -0.4 is 15.4 Å². The Morgan fingerprint density at radius 2 is 1.82 bits per heavy atom. The lowest BCUT2D eigenvalue weighted by molar-refractivity contribution is -0.126. The SMILES string of the molecule is C=C1CCC(N2Cc3c(OCc4ccc(CNC5CCOCC5)cc4)cccc3C2=O)C(=O)N1. The summed E-state index contributed by atoms with van der Waals surface area (Å²) in [5.41, 5.74) is 4.48. The number of ether oxygens (including phenoxy) is 2. The number of rotatable bonds is 7. The number of carbonyl (C=O) groups excluding carboxylic acids is 2. The lowest BCUT2D eigenvalue weighted by Crippen LogP contribution is -2.49. The average Bonchev–Trinajstić information content (AvgIpc) is 3.19. The van der Waals surface area contributed by atoms with Gasteiger partial charge in [0.2, 0.25) is 5.91 Å². The molecule has 7 heteroatoms. The van der Waals surface area contributed by atoms with Gasteiger partial charge in [-0.25, -0.2) is 0 Å². The third kappa shape index (κ3) is 4.86. The van der Waals surface area contributed by atoms with Crippen molar-refractivity contribution in [2.24, 2.45) is 0 Å². The molecule has 7 nitrogen and oxygen atoms in total. The second-order valence-electron chi connectivity index (χ2n) is 9.24. The fraction of sp³-hybridized carbons (Fsp3) is 0.407. The van der Waals surface area contributed by atoms with Crippen LogP contribution >= 0.6 is 0 Å². The number of benzene rings is 2. The maximum absolute atomic E-state index is 13.0. The Bertz CT molecular complexity index is 1080. The van der Waals surface area contributed by atoms with E-state index in [0.717, 1.165) is 43.7 Å². The quantitative estimate of drug-likeness (QED) is 0.662. The standard InChI is InChI=1S/C27H31N3O4/c1-18-5-10-24(26(31)29-18)30-16-23-22(27(30)32)3-2-4-25(23)34-17-20-8-6-19(7-9-20)15-28-21-11-13-33-14-12-21/h2-4,6-9,21,24,28H,1,5,10-17H2,(H,29,31). The van der Waals surface area contributed by atoms with Crippen LogP contribution in [0.15, 0.2) is 54.7 Å². The summed E-state index contributed by atoms with van der Waals surface area (Å²) in [5.74, 6) is 0.417. The van der Waals surface area contributed by atoms with E-state index in [1.54, 1.807) is 4.90 Å². The lowest BCUT2D eigenvalue weighted by Gasteiger charge is -2.31. The van der Waals surface area contributed by atoms with E-state index >= 15 is 0 Å². The van der Waals surface area contributed by atoms with Crippen molar-refractivity contribution >= 4 is 11.8 Å². The van der Waals surface area contributed by atoms with Crippen LogP contribution in [0.2, 0.25) is 0 Å². The van der Waals surface area contributed by atoms with Crippen molar-refractivity contribution in [2.75, 3.05) is 13.2 Å². The number of amides is 2. The van der Waals surface area contributed by atoms with Crippen LogP contribution in [-0.2, 0) is 29.2 Å². The Hall–Kier alpha value is -3.16. The van der Waals surface area contributed by atoms with Crippen LogP contribution in [0.1, 0.15) is 52.7 Å². The van der Waals surface area contributed by atoms with E-state index in [4.69, 9.17) is 9.47 Å². The first kappa shape index (κ1) is 22.6. The van der Waals surface area contributed by atoms with Crippen molar-refractivity contribution in [3.63, 3.8) is 0 Å². The topological polar surface area (TPSA) is 79.9 Å². The molecule has 0 aliphatic carbocycles. The second-order valence-corrected chi connectivity index (χ2v) is 9.24. The first-order chi connectivity index (χ1) is 16.6. The van der Waals surface area contributed by atoms with Crippen molar-refractivity contribution in [3.05, 3.63) is 77.0 Å². The summed E-state index contributed by atoms with van der Waals surface area (Å²) in [6.07, 6.45) is 3.40. The van der Waals surface area contributed by atoms with E-state index in [2.05, 4.69) is 41.5 Å². The zero-order valence-corrected chi connectivity index (χ0v) is 19.3. The molecule has 2 amide bonds. The number of nitrogens with zero attached hydrogens (tertiary/aromatic N) is 1. The number of piperidine rings is 1. The average molecular weight is 462 g/mol.